The van der Waals surface area contributed by atoms with Gasteiger partial charge in [-0.3, -0.25) is 10.1 Å². The van der Waals surface area contributed by atoms with Gasteiger partial charge in [-0.1, -0.05) is 43.6 Å². The highest BCUT2D eigenvalue weighted by atomic mass is 35.5. The van der Waals surface area contributed by atoms with Crippen LogP contribution in [0, 0.1) is 10.1 Å². The summed E-state index contributed by atoms with van der Waals surface area (Å²) >= 11 is 5.91. The van der Waals surface area contributed by atoms with E-state index in [1.807, 2.05) is 24.3 Å². The van der Waals surface area contributed by atoms with E-state index >= 15 is 0 Å². The first-order valence-corrected chi connectivity index (χ1v) is 7.01. The van der Waals surface area contributed by atoms with Gasteiger partial charge in [-0.25, -0.2) is 0 Å². The number of nitro benzene ring substituents is 1. The Kier molecular flexibility index (Phi) is 4.81. The van der Waals surface area contributed by atoms with Crippen molar-refractivity contribution in [3.63, 3.8) is 0 Å². The Morgan fingerprint density at radius 1 is 1.24 bits per heavy atom. The molecular formula is C16H16ClNO3. The molecule has 0 bridgehead atoms. The number of halogens is 1. The van der Waals surface area contributed by atoms with Crippen LogP contribution in [0.15, 0.2) is 42.5 Å². The second-order valence-corrected chi connectivity index (χ2v) is 5.45. The average Bonchev–Trinajstić information content (AvgIpc) is 2.45. The molecule has 0 atom stereocenters. The Morgan fingerprint density at radius 2 is 1.95 bits per heavy atom. The molecule has 110 valence electrons. The standard InChI is InChI=1S/C16H16ClNO3/c1-11(2)14-5-3-4-6-16(14)21-10-12-9-13(17)7-8-15(12)18(19)20/h3-9,11H,10H2,1-2H3. The predicted octanol–water partition coefficient (Wildman–Crippen LogP) is 4.95. The smallest absolute Gasteiger partial charge is 0.276 e. The third-order valence-electron chi connectivity index (χ3n) is 3.16. The van der Waals surface area contributed by atoms with Gasteiger partial charge < -0.3 is 4.74 Å². The largest absolute Gasteiger partial charge is 0.488 e. The number of hydrogen-bond acceptors (Lipinski definition) is 3. The number of para-hydroxylation sites is 1. The molecule has 0 unspecified atom stereocenters. The fourth-order valence-electron chi connectivity index (χ4n) is 2.09. The molecule has 0 spiro atoms. The lowest BCUT2D eigenvalue weighted by atomic mass is 10.0. The van der Waals surface area contributed by atoms with Crippen LogP contribution in [0.4, 0.5) is 5.69 Å². The molecule has 4 nitrogen and oxygen atoms in total. The monoisotopic (exact) mass is 305 g/mol. The summed E-state index contributed by atoms with van der Waals surface area (Å²) in [7, 11) is 0. The van der Waals surface area contributed by atoms with Gasteiger partial charge in [0.2, 0.25) is 0 Å². The third kappa shape index (κ3) is 3.73. The van der Waals surface area contributed by atoms with Crippen molar-refractivity contribution in [2.24, 2.45) is 0 Å². The zero-order valence-corrected chi connectivity index (χ0v) is 12.6. The van der Waals surface area contributed by atoms with Crippen molar-refractivity contribution >= 4 is 17.3 Å². The SMILES string of the molecule is CC(C)c1ccccc1OCc1cc(Cl)ccc1[N+](=O)[O-]. The van der Waals surface area contributed by atoms with Crippen molar-refractivity contribution in [1.82, 2.24) is 0 Å². The Morgan fingerprint density at radius 3 is 2.62 bits per heavy atom. The van der Waals surface area contributed by atoms with Gasteiger partial charge in [-0.15, -0.1) is 0 Å². The average molecular weight is 306 g/mol. The molecule has 2 aromatic carbocycles. The van der Waals surface area contributed by atoms with Gasteiger partial charge >= 0.3 is 0 Å². The normalized spacial score (nSPS) is 10.7. The highest BCUT2D eigenvalue weighted by Gasteiger charge is 2.15. The Bertz CT molecular complexity index is 656. The van der Waals surface area contributed by atoms with Crippen molar-refractivity contribution in [2.45, 2.75) is 26.4 Å². The van der Waals surface area contributed by atoms with Crippen LogP contribution in [0.3, 0.4) is 0 Å². The van der Waals surface area contributed by atoms with Gasteiger partial charge in [0.25, 0.3) is 5.69 Å². The van der Waals surface area contributed by atoms with Crippen molar-refractivity contribution < 1.29 is 9.66 Å². The molecular weight excluding hydrogens is 290 g/mol. The van der Waals surface area contributed by atoms with Crippen molar-refractivity contribution in [3.8, 4) is 5.75 Å². The number of rotatable bonds is 5. The van der Waals surface area contributed by atoms with Crippen LogP contribution in [-0.2, 0) is 6.61 Å². The Balaban J connectivity index is 2.25. The minimum absolute atomic E-state index is 0.0152. The van der Waals surface area contributed by atoms with Crippen LogP contribution in [0.1, 0.15) is 30.9 Å². The first kappa shape index (κ1) is 15.3. The molecule has 21 heavy (non-hydrogen) atoms. The zero-order valence-electron chi connectivity index (χ0n) is 11.9. The number of hydrogen-bond donors (Lipinski definition) is 0. The van der Waals surface area contributed by atoms with E-state index in [1.165, 1.54) is 12.1 Å². The minimum Gasteiger partial charge on any atom is -0.488 e. The number of benzene rings is 2. The Hall–Kier alpha value is -2.07. The van der Waals surface area contributed by atoms with E-state index in [-0.39, 0.29) is 12.3 Å². The van der Waals surface area contributed by atoms with E-state index in [9.17, 15) is 10.1 Å². The summed E-state index contributed by atoms with van der Waals surface area (Å²) in [5.74, 6) is 1.05. The molecule has 5 heteroatoms. The fourth-order valence-corrected chi connectivity index (χ4v) is 2.29. The van der Waals surface area contributed by atoms with E-state index in [0.717, 1.165) is 11.3 Å². The second-order valence-electron chi connectivity index (χ2n) is 5.01. The molecule has 0 amide bonds. The summed E-state index contributed by atoms with van der Waals surface area (Å²) in [4.78, 5) is 10.6. The van der Waals surface area contributed by atoms with Gasteiger partial charge in [0.1, 0.15) is 12.4 Å². The van der Waals surface area contributed by atoms with Gasteiger partial charge in [-0.2, -0.15) is 0 Å². The highest BCUT2D eigenvalue weighted by Crippen LogP contribution is 2.28. The summed E-state index contributed by atoms with van der Waals surface area (Å²) in [6.07, 6.45) is 0. The molecule has 0 saturated carbocycles. The van der Waals surface area contributed by atoms with Crippen LogP contribution < -0.4 is 4.74 Å². The molecule has 0 aliphatic carbocycles. The third-order valence-corrected chi connectivity index (χ3v) is 3.40. The summed E-state index contributed by atoms with van der Waals surface area (Å²) in [5, 5.41) is 11.5. The molecule has 0 aromatic heterocycles. The molecule has 0 saturated heterocycles. The quantitative estimate of drug-likeness (QED) is 0.580. The maximum Gasteiger partial charge on any atom is 0.276 e. The summed E-state index contributed by atoms with van der Waals surface area (Å²) in [5.41, 5.74) is 1.55. The lowest BCUT2D eigenvalue weighted by Crippen LogP contribution is -2.03. The minimum atomic E-state index is -0.427. The topological polar surface area (TPSA) is 52.4 Å². The van der Waals surface area contributed by atoms with Crippen LogP contribution in [-0.4, -0.2) is 4.92 Å². The predicted molar refractivity (Wildman–Crippen MR) is 83.0 cm³/mol. The van der Waals surface area contributed by atoms with Crippen LogP contribution in [0.25, 0.3) is 0 Å². The first-order valence-electron chi connectivity index (χ1n) is 6.63. The molecule has 0 aliphatic heterocycles. The van der Waals surface area contributed by atoms with Crippen LogP contribution in [0.2, 0.25) is 5.02 Å². The van der Waals surface area contributed by atoms with E-state index in [4.69, 9.17) is 16.3 Å². The lowest BCUT2D eigenvalue weighted by Gasteiger charge is -2.14. The molecule has 0 N–H and O–H groups in total. The molecule has 0 radical (unpaired) electrons. The Labute approximate surface area is 128 Å². The van der Waals surface area contributed by atoms with Gasteiger partial charge in [-0.05, 0) is 29.7 Å². The van der Waals surface area contributed by atoms with Crippen molar-refractivity contribution in [1.29, 1.82) is 0 Å². The molecule has 2 aromatic rings. The van der Waals surface area contributed by atoms with Crippen LogP contribution >= 0.6 is 11.6 Å². The van der Waals surface area contributed by atoms with Crippen molar-refractivity contribution in [3.05, 3.63) is 68.7 Å². The number of nitro groups is 1. The fraction of sp³-hybridized carbons (Fsp3) is 0.250. The summed E-state index contributed by atoms with van der Waals surface area (Å²) < 4.78 is 5.77. The second kappa shape index (κ2) is 6.59. The molecule has 0 aliphatic rings. The van der Waals surface area contributed by atoms with E-state index in [2.05, 4.69) is 13.8 Å². The van der Waals surface area contributed by atoms with E-state index in [1.54, 1.807) is 6.07 Å². The van der Waals surface area contributed by atoms with Gasteiger partial charge in [0, 0.05) is 11.1 Å². The van der Waals surface area contributed by atoms with E-state index < -0.39 is 4.92 Å². The summed E-state index contributed by atoms with van der Waals surface area (Å²) in [6.45, 7) is 4.26. The van der Waals surface area contributed by atoms with Crippen molar-refractivity contribution in [2.75, 3.05) is 0 Å². The lowest BCUT2D eigenvalue weighted by molar-refractivity contribution is -0.385. The first-order chi connectivity index (χ1) is 9.99. The van der Waals surface area contributed by atoms with Gasteiger partial charge in [0.15, 0.2) is 0 Å². The molecule has 2 rings (SSSR count). The highest BCUT2D eigenvalue weighted by molar-refractivity contribution is 6.30. The number of nitrogens with zero attached hydrogens (tertiary/aromatic N) is 1. The molecule has 0 fully saturated rings. The molecule has 0 heterocycles. The van der Waals surface area contributed by atoms with E-state index in [0.29, 0.717) is 16.5 Å². The van der Waals surface area contributed by atoms with Crippen LogP contribution in [0.5, 0.6) is 5.75 Å². The number of ether oxygens (including phenoxy) is 1. The van der Waals surface area contributed by atoms with Gasteiger partial charge in [0.05, 0.1) is 10.5 Å². The maximum atomic E-state index is 11.0. The summed E-state index contributed by atoms with van der Waals surface area (Å²) in [6, 6.07) is 12.2. The maximum absolute atomic E-state index is 11.0. The zero-order chi connectivity index (χ0) is 15.4.